The smallest absolute Gasteiger partial charge is 0.258 e. The number of carbonyl (C=O) groups is 1. The zero-order valence-electron chi connectivity index (χ0n) is 16.2. The average molecular weight is 491 g/mol. The van der Waals surface area contributed by atoms with Gasteiger partial charge in [-0.1, -0.05) is 65.7 Å². The number of nitrogens with one attached hydrogen (secondary N) is 2. The minimum Gasteiger partial charge on any atom is -0.358 e. The summed E-state index contributed by atoms with van der Waals surface area (Å²) in [4.78, 5) is 13.1. The molecule has 31 heavy (non-hydrogen) atoms. The van der Waals surface area contributed by atoms with Gasteiger partial charge in [-0.15, -0.1) is 10.2 Å². The monoisotopic (exact) mass is 490 g/mol. The summed E-state index contributed by atoms with van der Waals surface area (Å²) in [6.07, 6.45) is 0.773. The van der Waals surface area contributed by atoms with E-state index in [1.165, 1.54) is 17.4 Å². The molecule has 7 nitrogen and oxygen atoms in total. The van der Waals surface area contributed by atoms with Gasteiger partial charge in [0.05, 0.1) is 10.6 Å². The van der Waals surface area contributed by atoms with Crippen LogP contribution in [0, 0.1) is 0 Å². The van der Waals surface area contributed by atoms with Gasteiger partial charge < -0.3 is 5.32 Å². The Morgan fingerprint density at radius 3 is 2.65 bits per heavy atom. The van der Waals surface area contributed by atoms with E-state index in [9.17, 15) is 4.79 Å². The number of rotatable bonds is 5. The van der Waals surface area contributed by atoms with E-state index in [-0.39, 0.29) is 10.1 Å². The summed E-state index contributed by atoms with van der Waals surface area (Å²) in [7, 11) is 0. The highest BCUT2D eigenvalue weighted by Gasteiger charge is 2.13. The van der Waals surface area contributed by atoms with Crippen LogP contribution in [0.3, 0.4) is 0 Å². The summed E-state index contributed by atoms with van der Waals surface area (Å²) < 4.78 is 1.78. The fourth-order valence-corrected chi connectivity index (χ4v) is 4.35. The lowest BCUT2D eigenvalue weighted by atomic mass is 10.1. The minimum atomic E-state index is -0.399. The Kier molecular flexibility index (Phi) is 6.47. The highest BCUT2D eigenvalue weighted by atomic mass is 35.5. The van der Waals surface area contributed by atoms with E-state index in [1.807, 2.05) is 31.2 Å². The lowest BCUT2D eigenvalue weighted by Gasteiger charge is -2.11. The van der Waals surface area contributed by atoms with Gasteiger partial charge in [-0.2, -0.15) is 9.61 Å². The van der Waals surface area contributed by atoms with Gasteiger partial charge in [-0.05, 0) is 36.0 Å². The Bertz CT molecular complexity index is 1270. The standard InChI is InChI=1S/C20H16Cl2N6OS2/c1-2-16-25-26-20-28(16)27-18(31-20)12-5-3-11(4-6-12)10-23-19(30)24-17(29)14-8-7-13(21)9-15(14)22/h3-9H,2,10H2,1H3,(H2,23,24,29,30). The van der Waals surface area contributed by atoms with Crippen molar-refractivity contribution in [3.05, 3.63) is 69.5 Å². The van der Waals surface area contributed by atoms with E-state index in [0.717, 1.165) is 33.3 Å². The lowest BCUT2D eigenvalue weighted by Crippen LogP contribution is -2.38. The fraction of sp³-hybridized carbons (Fsp3) is 0.150. The van der Waals surface area contributed by atoms with Crippen LogP contribution in [0.5, 0.6) is 0 Å². The molecule has 2 N–H and O–H groups in total. The second kappa shape index (κ2) is 9.27. The van der Waals surface area contributed by atoms with E-state index in [2.05, 4.69) is 25.9 Å². The normalized spacial score (nSPS) is 10.9. The highest BCUT2D eigenvalue weighted by Crippen LogP contribution is 2.26. The van der Waals surface area contributed by atoms with Crippen molar-refractivity contribution >= 4 is 62.7 Å². The number of fused-ring (bicyclic) bond motifs is 1. The van der Waals surface area contributed by atoms with E-state index < -0.39 is 5.91 Å². The van der Waals surface area contributed by atoms with E-state index in [1.54, 1.807) is 16.6 Å². The molecule has 4 aromatic rings. The first kappa shape index (κ1) is 21.6. The van der Waals surface area contributed by atoms with Gasteiger partial charge in [0.2, 0.25) is 4.96 Å². The molecule has 11 heteroatoms. The number of hydrogen-bond acceptors (Lipinski definition) is 6. The molecule has 0 atom stereocenters. The Labute approximate surface area is 197 Å². The van der Waals surface area contributed by atoms with Crippen molar-refractivity contribution < 1.29 is 4.79 Å². The molecule has 0 fully saturated rings. The number of amides is 1. The fourth-order valence-electron chi connectivity index (χ4n) is 2.83. The Balaban J connectivity index is 1.35. The highest BCUT2D eigenvalue weighted by molar-refractivity contribution is 7.80. The van der Waals surface area contributed by atoms with Crippen LogP contribution in [-0.2, 0) is 13.0 Å². The number of nitrogens with zero attached hydrogens (tertiary/aromatic N) is 4. The topological polar surface area (TPSA) is 84.2 Å². The van der Waals surface area contributed by atoms with Crippen molar-refractivity contribution in [3.8, 4) is 10.6 Å². The number of halogens is 2. The SMILES string of the molecule is CCc1nnc2sc(-c3ccc(CNC(=S)NC(=O)c4ccc(Cl)cc4Cl)cc3)nn12. The Hall–Kier alpha value is -2.59. The van der Waals surface area contributed by atoms with Gasteiger partial charge in [0.1, 0.15) is 5.01 Å². The largest absolute Gasteiger partial charge is 0.358 e. The van der Waals surface area contributed by atoms with Crippen LogP contribution in [0.4, 0.5) is 0 Å². The molecule has 0 saturated heterocycles. The molecule has 0 spiro atoms. The molecule has 158 valence electrons. The zero-order valence-corrected chi connectivity index (χ0v) is 19.4. The third-order valence-electron chi connectivity index (χ3n) is 4.43. The molecule has 0 aliphatic rings. The summed E-state index contributed by atoms with van der Waals surface area (Å²) in [5.41, 5.74) is 2.30. The Morgan fingerprint density at radius 2 is 1.94 bits per heavy atom. The number of thiocarbonyl (C=S) groups is 1. The predicted octanol–water partition coefficient (Wildman–Crippen LogP) is 4.53. The lowest BCUT2D eigenvalue weighted by molar-refractivity contribution is 0.0977. The Morgan fingerprint density at radius 1 is 1.16 bits per heavy atom. The summed E-state index contributed by atoms with van der Waals surface area (Å²) in [5, 5.41) is 20.3. The molecule has 0 unspecified atom stereocenters. The van der Waals surface area contributed by atoms with Crippen LogP contribution in [0.15, 0.2) is 42.5 Å². The van der Waals surface area contributed by atoms with E-state index in [4.69, 9.17) is 35.4 Å². The minimum absolute atomic E-state index is 0.209. The van der Waals surface area contributed by atoms with Gasteiger partial charge in [0.15, 0.2) is 10.9 Å². The first-order valence-electron chi connectivity index (χ1n) is 9.29. The van der Waals surface area contributed by atoms with Gasteiger partial charge in [-0.3, -0.25) is 10.1 Å². The average Bonchev–Trinajstić information content (AvgIpc) is 3.33. The first-order chi connectivity index (χ1) is 14.9. The van der Waals surface area contributed by atoms with Gasteiger partial charge >= 0.3 is 0 Å². The second-order valence-corrected chi connectivity index (χ2v) is 8.74. The van der Waals surface area contributed by atoms with Crippen molar-refractivity contribution in [1.29, 1.82) is 0 Å². The third kappa shape index (κ3) is 4.85. The number of aromatic nitrogens is 4. The van der Waals surface area contributed by atoms with Crippen LogP contribution in [0.1, 0.15) is 28.7 Å². The molecular weight excluding hydrogens is 475 g/mol. The van der Waals surface area contributed by atoms with Gasteiger partial charge in [0, 0.05) is 23.6 Å². The summed E-state index contributed by atoms with van der Waals surface area (Å²) in [6, 6.07) is 12.6. The number of carbonyl (C=O) groups excluding carboxylic acids is 1. The molecule has 0 radical (unpaired) electrons. The maximum absolute atomic E-state index is 12.3. The predicted molar refractivity (Wildman–Crippen MR) is 127 cm³/mol. The zero-order chi connectivity index (χ0) is 22.0. The summed E-state index contributed by atoms with van der Waals surface area (Å²) in [5.74, 6) is 0.443. The van der Waals surface area contributed by atoms with Crippen LogP contribution < -0.4 is 10.6 Å². The maximum Gasteiger partial charge on any atom is 0.258 e. The van der Waals surface area contributed by atoms with Crippen molar-refractivity contribution in [3.63, 3.8) is 0 Å². The molecule has 1 amide bonds. The molecule has 0 bridgehead atoms. The maximum atomic E-state index is 12.3. The molecule has 0 aliphatic carbocycles. The van der Waals surface area contributed by atoms with Gasteiger partial charge in [0.25, 0.3) is 5.91 Å². The molecule has 0 saturated carbocycles. The molecule has 2 aromatic heterocycles. The van der Waals surface area contributed by atoms with Crippen LogP contribution in [0.2, 0.25) is 10.0 Å². The van der Waals surface area contributed by atoms with E-state index >= 15 is 0 Å². The summed E-state index contributed by atoms with van der Waals surface area (Å²) in [6.45, 7) is 2.48. The molecule has 2 heterocycles. The van der Waals surface area contributed by atoms with Crippen molar-refractivity contribution in [2.24, 2.45) is 0 Å². The van der Waals surface area contributed by atoms with Crippen LogP contribution in [0.25, 0.3) is 15.5 Å². The quantitative estimate of drug-likeness (QED) is 0.400. The van der Waals surface area contributed by atoms with Crippen LogP contribution in [-0.4, -0.2) is 30.8 Å². The first-order valence-corrected chi connectivity index (χ1v) is 11.3. The molecule has 0 aliphatic heterocycles. The number of hydrogen-bond donors (Lipinski definition) is 2. The van der Waals surface area contributed by atoms with Crippen molar-refractivity contribution in [1.82, 2.24) is 30.4 Å². The number of aryl methyl sites for hydroxylation is 1. The van der Waals surface area contributed by atoms with Crippen molar-refractivity contribution in [2.75, 3.05) is 0 Å². The van der Waals surface area contributed by atoms with Gasteiger partial charge in [-0.25, -0.2) is 0 Å². The molecular formula is C20H16Cl2N6OS2. The summed E-state index contributed by atoms with van der Waals surface area (Å²) >= 11 is 18.6. The molecule has 2 aromatic carbocycles. The third-order valence-corrected chi connectivity index (χ3v) is 6.17. The second-order valence-electron chi connectivity index (χ2n) is 6.53. The van der Waals surface area contributed by atoms with Crippen molar-refractivity contribution in [2.45, 2.75) is 19.9 Å². The van der Waals surface area contributed by atoms with Crippen LogP contribution >= 0.6 is 46.8 Å². The van der Waals surface area contributed by atoms with E-state index in [0.29, 0.717) is 17.1 Å². The number of benzene rings is 2. The molecule has 4 rings (SSSR count).